The number of amides is 1. The summed E-state index contributed by atoms with van der Waals surface area (Å²) in [4.78, 5) is 23.0. The van der Waals surface area contributed by atoms with E-state index in [0.29, 0.717) is 11.3 Å². The molecule has 4 rings (SSSR count). The van der Waals surface area contributed by atoms with Crippen molar-refractivity contribution in [1.29, 1.82) is 0 Å². The zero-order valence-corrected chi connectivity index (χ0v) is 13.7. The van der Waals surface area contributed by atoms with Crippen LogP contribution in [0.2, 0.25) is 0 Å². The number of rotatable bonds is 4. The Morgan fingerprint density at radius 2 is 1.84 bits per heavy atom. The molecule has 2 aromatic heterocycles. The Kier molecular flexibility index (Phi) is 4.12. The molecule has 0 atom stereocenters. The summed E-state index contributed by atoms with van der Waals surface area (Å²) in [6.45, 7) is 2.10. The van der Waals surface area contributed by atoms with E-state index in [-0.39, 0.29) is 5.91 Å². The van der Waals surface area contributed by atoms with E-state index in [9.17, 15) is 4.79 Å². The van der Waals surface area contributed by atoms with Gasteiger partial charge >= 0.3 is 0 Å². The lowest BCUT2D eigenvalue weighted by atomic mass is 10.2. The third kappa shape index (κ3) is 3.35. The lowest BCUT2D eigenvalue weighted by molar-refractivity contribution is 0.102. The maximum Gasteiger partial charge on any atom is 0.255 e. The zero-order chi connectivity index (χ0) is 17.1. The molecule has 7 nitrogen and oxygen atoms in total. The van der Waals surface area contributed by atoms with Crippen LogP contribution in [0.1, 0.15) is 23.2 Å². The summed E-state index contributed by atoms with van der Waals surface area (Å²) in [7, 11) is 0. The van der Waals surface area contributed by atoms with Gasteiger partial charge in [-0.25, -0.2) is 14.6 Å². The summed E-state index contributed by atoms with van der Waals surface area (Å²) in [5.41, 5.74) is 2.12. The van der Waals surface area contributed by atoms with E-state index >= 15 is 0 Å². The van der Waals surface area contributed by atoms with Crippen molar-refractivity contribution < 1.29 is 4.79 Å². The molecule has 1 aliphatic heterocycles. The minimum Gasteiger partial charge on any atom is -0.357 e. The Morgan fingerprint density at radius 1 is 1.04 bits per heavy atom. The van der Waals surface area contributed by atoms with Gasteiger partial charge in [-0.3, -0.25) is 4.79 Å². The van der Waals surface area contributed by atoms with Crippen molar-refractivity contribution in [2.24, 2.45) is 0 Å². The average molecular weight is 334 g/mol. The summed E-state index contributed by atoms with van der Waals surface area (Å²) in [6, 6.07) is 11.0. The number of hydrogen-bond donors (Lipinski definition) is 1. The van der Waals surface area contributed by atoms with Crippen LogP contribution in [0, 0.1) is 0 Å². The first-order valence-corrected chi connectivity index (χ1v) is 8.27. The summed E-state index contributed by atoms with van der Waals surface area (Å²) in [5, 5.41) is 6.94. The first kappa shape index (κ1) is 15.3. The fourth-order valence-electron chi connectivity index (χ4n) is 2.90. The number of benzene rings is 1. The normalized spacial score (nSPS) is 13.8. The second-order valence-corrected chi connectivity index (χ2v) is 5.94. The number of aromatic nitrogens is 4. The van der Waals surface area contributed by atoms with Gasteiger partial charge in [-0.15, -0.1) is 0 Å². The van der Waals surface area contributed by atoms with Crippen molar-refractivity contribution in [1.82, 2.24) is 19.7 Å². The predicted molar refractivity (Wildman–Crippen MR) is 95.0 cm³/mol. The van der Waals surface area contributed by atoms with Crippen molar-refractivity contribution in [2.45, 2.75) is 12.8 Å². The summed E-state index contributed by atoms with van der Waals surface area (Å²) in [6.07, 6.45) is 7.22. The minimum absolute atomic E-state index is 0.166. The molecular weight excluding hydrogens is 316 g/mol. The largest absolute Gasteiger partial charge is 0.357 e. The van der Waals surface area contributed by atoms with Crippen molar-refractivity contribution in [3.8, 4) is 5.69 Å². The highest BCUT2D eigenvalue weighted by atomic mass is 16.1. The van der Waals surface area contributed by atoms with Crippen LogP contribution in [0.15, 0.2) is 55.2 Å². The third-order valence-corrected chi connectivity index (χ3v) is 4.25. The molecule has 0 spiro atoms. The van der Waals surface area contributed by atoms with Crippen molar-refractivity contribution >= 4 is 17.4 Å². The lowest BCUT2D eigenvalue weighted by Crippen LogP contribution is -2.19. The fourth-order valence-corrected chi connectivity index (χ4v) is 2.90. The summed E-state index contributed by atoms with van der Waals surface area (Å²) in [5.74, 6) is 0.800. The molecule has 7 heteroatoms. The number of nitrogens with zero attached hydrogens (tertiary/aromatic N) is 5. The van der Waals surface area contributed by atoms with E-state index in [1.165, 1.54) is 19.2 Å². The second-order valence-electron chi connectivity index (χ2n) is 5.94. The Bertz CT molecular complexity index is 836. The lowest BCUT2D eigenvalue weighted by Gasteiger charge is -2.16. The number of pyridine rings is 1. The Balaban J connectivity index is 1.42. The molecule has 126 valence electrons. The Hall–Kier alpha value is -3.22. The molecule has 3 heterocycles. The van der Waals surface area contributed by atoms with E-state index in [0.717, 1.165) is 24.6 Å². The van der Waals surface area contributed by atoms with E-state index in [1.54, 1.807) is 29.3 Å². The number of nitrogens with one attached hydrogen (secondary N) is 1. The first-order chi connectivity index (χ1) is 12.3. The molecule has 3 aromatic rings. The number of anilines is 2. The van der Waals surface area contributed by atoms with Crippen molar-refractivity contribution in [2.75, 3.05) is 23.3 Å². The molecule has 1 aromatic carbocycles. The van der Waals surface area contributed by atoms with Gasteiger partial charge < -0.3 is 10.2 Å². The molecule has 0 unspecified atom stereocenters. The quantitative estimate of drug-likeness (QED) is 0.793. The van der Waals surface area contributed by atoms with E-state index in [4.69, 9.17) is 0 Å². The zero-order valence-electron chi connectivity index (χ0n) is 13.7. The highest BCUT2D eigenvalue weighted by Gasteiger charge is 2.13. The van der Waals surface area contributed by atoms with Crippen molar-refractivity contribution in [3.63, 3.8) is 0 Å². The molecule has 0 saturated carbocycles. The molecule has 0 bridgehead atoms. The van der Waals surface area contributed by atoms with Gasteiger partial charge in [0.2, 0.25) is 0 Å². The van der Waals surface area contributed by atoms with E-state index in [2.05, 4.69) is 25.3 Å². The van der Waals surface area contributed by atoms with Crippen LogP contribution in [-0.4, -0.2) is 38.7 Å². The average Bonchev–Trinajstić information content (AvgIpc) is 3.36. The highest BCUT2D eigenvalue weighted by molar-refractivity contribution is 6.04. The summed E-state index contributed by atoms with van der Waals surface area (Å²) < 4.78 is 1.64. The topological polar surface area (TPSA) is 75.9 Å². The fraction of sp³-hybridized carbons (Fsp3) is 0.222. The van der Waals surface area contributed by atoms with Crippen LogP contribution >= 0.6 is 0 Å². The van der Waals surface area contributed by atoms with Crippen LogP contribution in [-0.2, 0) is 0 Å². The van der Waals surface area contributed by atoms with Crippen LogP contribution in [0.25, 0.3) is 5.69 Å². The van der Waals surface area contributed by atoms with Crippen LogP contribution < -0.4 is 10.2 Å². The molecule has 0 aliphatic carbocycles. The molecule has 0 radical (unpaired) electrons. The van der Waals surface area contributed by atoms with Gasteiger partial charge in [0.05, 0.1) is 17.6 Å². The molecule has 1 N–H and O–H groups in total. The highest BCUT2D eigenvalue weighted by Crippen LogP contribution is 2.19. The van der Waals surface area contributed by atoms with Gasteiger partial charge in [0.25, 0.3) is 5.91 Å². The monoisotopic (exact) mass is 334 g/mol. The Labute approximate surface area is 145 Å². The van der Waals surface area contributed by atoms with Gasteiger partial charge in [-0.05, 0) is 49.2 Å². The van der Waals surface area contributed by atoms with Crippen LogP contribution in [0.4, 0.5) is 11.5 Å². The van der Waals surface area contributed by atoms with Gasteiger partial charge in [0.15, 0.2) is 0 Å². The number of hydrogen-bond acceptors (Lipinski definition) is 5. The SMILES string of the molecule is O=C(Nc1ccc(N2CCCC2)nc1)c1ccc(-n2cncn2)cc1. The first-order valence-electron chi connectivity index (χ1n) is 8.27. The maximum absolute atomic E-state index is 12.4. The molecule has 1 saturated heterocycles. The smallest absolute Gasteiger partial charge is 0.255 e. The van der Waals surface area contributed by atoms with E-state index in [1.807, 2.05) is 24.3 Å². The number of carbonyl (C=O) groups excluding carboxylic acids is 1. The Morgan fingerprint density at radius 3 is 2.48 bits per heavy atom. The molecular formula is C18H18N6O. The van der Waals surface area contributed by atoms with Crippen molar-refractivity contribution in [3.05, 3.63) is 60.8 Å². The van der Waals surface area contributed by atoms with Gasteiger partial charge in [-0.1, -0.05) is 0 Å². The number of carbonyl (C=O) groups is 1. The van der Waals surface area contributed by atoms with Gasteiger partial charge in [0, 0.05) is 18.7 Å². The van der Waals surface area contributed by atoms with Crippen LogP contribution in [0.5, 0.6) is 0 Å². The minimum atomic E-state index is -0.166. The molecule has 1 fully saturated rings. The standard InChI is InChI=1S/C18H18N6O/c25-18(14-3-6-16(7-4-14)24-13-19-12-21-24)22-15-5-8-17(20-11-15)23-9-1-2-10-23/h3-8,11-13H,1-2,9-10H2,(H,22,25). The van der Waals surface area contributed by atoms with E-state index < -0.39 is 0 Å². The summed E-state index contributed by atoms with van der Waals surface area (Å²) >= 11 is 0. The molecule has 1 aliphatic rings. The third-order valence-electron chi connectivity index (χ3n) is 4.25. The maximum atomic E-state index is 12.4. The second kappa shape index (κ2) is 6.72. The predicted octanol–water partition coefficient (Wildman–Crippen LogP) is 2.51. The van der Waals surface area contributed by atoms with Gasteiger partial charge in [0.1, 0.15) is 18.5 Å². The molecule has 25 heavy (non-hydrogen) atoms. The van der Waals surface area contributed by atoms with Gasteiger partial charge in [-0.2, -0.15) is 5.10 Å². The van der Waals surface area contributed by atoms with Crippen LogP contribution in [0.3, 0.4) is 0 Å². The molecule has 1 amide bonds.